The van der Waals surface area contributed by atoms with Gasteiger partial charge in [-0.1, -0.05) is 0 Å². The van der Waals surface area contributed by atoms with Gasteiger partial charge < -0.3 is 4.74 Å². The number of pyridine rings is 1. The van der Waals surface area contributed by atoms with Gasteiger partial charge in [-0.3, -0.25) is 4.98 Å². The number of rotatable bonds is 3. The third-order valence-corrected chi connectivity index (χ3v) is 4.49. The lowest BCUT2D eigenvalue weighted by atomic mass is 10.2. The molecule has 1 saturated heterocycles. The zero-order valence-electron chi connectivity index (χ0n) is 10.5. The third-order valence-electron chi connectivity index (χ3n) is 3.02. The molecule has 0 spiro atoms. The number of ether oxygens (including phenoxy) is 1. The van der Waals surface area contributed by atoms with Gasteiger partial charge in [-0.2, -0.15) is 13.2 Å². The molecule has 2 rings (SSSR count). The number of hydrogen-bond acceptors (Lipinski definition) is 4. The highest BCUT2D eigenvalue weighted by Gasteiger charge is 2.33. The molecule has 0 saturated carbocycles. The maximum Gasteiger partial charge on any atom is 0.433 e. The molecule has 0 unspecified atom stereocenters. The van der Waals surface area contributed by atoms with Crippen molar-refractivity contribution >= 4 is 10.0 Å². The monoisotopic (exact) mass is 310 g/mol. The topological polar surface area (TPSA) is 68.3 Å². The number of sulfonamides is 1. The van der Waals surface area contributed by atoms with E-state index in [0.29, 0.717) is 25.3 Å². The minimum absolute atomic E-state index is 0.271. The van der Waals surface area contributed by atoms with Crippen LogP contribution in [0.15, 0.2) is 23.2 Å². The van der Waals surface area contributed by atoms with Gasteiger partial charge in [0.2, 0.25) is 10.0 Å². The molecule has 1 aromatic heterocycles. The van der Waals surface area contributed by atoms with Gasteiger partial charge in [0.05, 0.1) is 12.1 Å². The van der Waals surface area contributed by atoms with Crippen LogP contribution in [0.2, 0.25) is 0 Å². The van der Waals surface area contributed by atoms with Gasteiger partial charge in [-0.25, -0.2) is 13.1 Å². The first-order chi connectivity index (χ1) is 9.20. The normalized spacial score (nSPS) is 24.0. The van der Waals surface area contributed by atoms with Crippen LogP contribution in [0, 0.1) is 0 Å². The minimum Gasteiger partial charge on any atom is -0.377 e. The number of alkyl halides is 3. The second-order valence-corrected chi connectivity index (χ2v) is 6.18. The summed E-state index contributed by atoms with van der Waals surface area (Å²) in [6, 6.07) is 1.14. The summed E-state index contributed by atoms with van der Waals surface area (Å²) in [7, 11) is -3.90. The summed E-state index contributed by atoms with van der Waals surface area (Å²) in [4.78, 5) is 2.83. The predicted octanol–water partition coefficient (Wildman–Crippen LogP) is 1.56. The Kier molecular flexibility index (Phi) is 4.03. The first-order valence-corrected chi connectivity index (χ1v) is 7.35. The van der Waals surface area contributed by atoms with E-state index in [4.69, 9.17) is 4.74 Å². The van der Waals surface area contributed by atoms with Crippen molar-refractivity contribution < 1.29 is 26.3 Å². The van der Waals surface area contributed by atoms with Crippen LogP contribution in [0.5, 0.6) is 0 Å². The van der Waals surface area contributed by atoms with Gasteiger partial charge in [-0.05, 0) is 25.5 Å². The van der Waals surface area contributed by atoms with Crippen molar-refractivity contribution in [3.8, 4) is 0 Å². The summed E-state index contributed by atoms with van der Waals surface area (Å²) in [6.07, 6.45) is -3.64. The average Bonchev–Trinajstić information content (AvgIpc) is 2.73. The Labute approximate surface area is 114 Å². The number of nitrogens with one attached hydrogen (secondary N) is 1. The maximum absolute atomic E-state index is 12.4. The summed E-state index contributed by atoms with van der Waals surface area (Å²) < 4.78 is 68.7. The highest BCUT2D eigenvalue weighted by Crippen LogP contribution is 2.27. The molecule has 2 heterocycles. The SMILES string of the molecule is C[C@H]1OCC[C@@H]1NS(=O)(=O)c1ccc(C(F)(F)F)nc1. The third kappa shape index (κ3) is 3.28. The van der Waals surface area contributed by atoms with Crippen LogP contribution in [-0.4, -0.2) is 32.2 Å². The van der Waals surface area contributed by atoms with E-state index in [2.05, 4.69) is 9.71 Å². The van der Waals surface area contributed by atoms with Crippen LogP contribution in [0.4, 0.5) is 13.2 Å². The molecule has 0 bridgehead atoms. The Morgan fingerprint density at radius 3 is 2.55 bits per heavy atom. The van der Waals surface area contributed by atoms with Gasteiger partial charge in [-0.15, -0.1) is 0 Å². The highest BCUT2D eigenvalue weighted by atomic mass is 32.2. The molecule has 1 aliphatic heterocycles. The summed E-state index contributed by atoms with van der Waals surface area (Å²) in [6.45, 7) is 2.17. The number of hydrogen-bond donors (Lipinski definition) is 1. The molecule has 0 aliphatic carbocycles. The van der Waals surface area contributed by atoms with Crippen molar-refractivity contribution in [2.45, 2.75) is 36.6 Å². The molecule has 0 radical (unpaired) electrons. The molecule has 112 valence electrons. The fourth-order valence-electron chi connectivity index (χ4n) is 1.86. The van der Waals surface area contributed by atoms with Crippen molar-refractivity contribution in [3.05, 3.63) is 24.0 Å². The van der Waals surface area contributed by atoms with Crippen LogP contribution in [0.3, 0.4) is 0 Å². The Morgan fingerprint density at radius 1 is 1.40 bits per heavy atom. The smallest absolute Gasteiger partial charge is 0.377 e. The average molecular weight is 310 g/mol. The van der Waals surface area contributed by atoms with E-state index in [1.54, 1.807) is 6.92 Å². The highest BCUT2D eigenvalue weighted by molar-refractivity contribution is 7.89. The van der Waals surface area contributed by atoms with E-state index in [1.807, 2.05) is 0 Å². The second kappa shape index (κ2) is 5.30. The molecule has 1 aliphatic rings. The zero-order chi connectivity index (χ0) is 15.0. The Hall–Kier alpha value is -1.19. The number of nitrogens with zero attached hydrogens (tertiary/aromatic N) is 1. The zero-order valence-corrected chi connectivity index (χ0v) is 11.3. The maximum atomic E-state index is 12.4. The second-order valence-electron chi connectivity index (χ2n) is 4.47. The van der Waals surface area contributed by atoms with E-state index in [0.717, 1.165) is 6.07 Å². The van der Waals surface area contributed by atoms with Gasteiger partial charge in [0.1, 0.15) is 10.6 Å². The van der Waals surface area contributed by atoms with Crippen molar-refractivity contribution in [1.29, 1.82) is 0 Å². The van der Waals surface area contributed by atoms with E-state index in [-0.39, 0.29) is 17.0 Å². The summed E-state index contributed by atoms with van der Waals surface area (Å²) >= 11 is 0. The molecular formula is C11H13F3N2O3S. The first-order valence-electron chi connectivity index (χ1n) is 5.87. The Balaban J connectivity index is 2.17. The summed E-state index contributed by atoms with van der Waals surface area (Å²) in [5.41, 5.74) is -1.13. The fraction of sp³-hybridized carbons (Fsp3) is 0.545. The first kappa shape index (κ1) is 15.2. The lowest BCUT2D eigenvalue weighted by molar-refractivity contribution is -0.141. The molecule has 20 heavy (non-hydrogen) atoms. The Bertz CT molecular complexity index is 572. The lowest BCUT2D eigenvalue weighted by Gasteiger charge is -2.16. The lowest BCUT2D eigenvalue weighted by Crippen LogP contribution is -2.39. The summed E-state index contributed by atoms with van der Waals surface area (Å²) in [5, 5.41) is 0. The molecule has 1 fully saturated rings. The van der Waals surface area contributed by atoms with Crippen molar-refractivity contribution in [2.24, 2.45) is 0 Å². The van der Waals surface area contributed by atoms with E-state index in [9.17, 15) is 21.6 Å². The molecule has 9 heteroatoms. The van der Waals surface area contributed by atoms with Crippen LogP contribution < -0.4 is 4.72 Å². The molecule has 0 aromatic carbocycles. The van der Waals surface area contributed by atoms with Crippen LogP contribution in [0.1, 0.15) is 19.0 Å². The van der Waals surface area contributed by atoms with E-state index >= 15 is 0 Å². The van der Waals surface area contributed by atoms with Crippen LogP contribution in [0.25, 0.3) is 0 Å². The molecular weight excluding hydrogens is 297 g/mol. The minimum atomic E-state index is -4.59. The largest absolute Gasteiger partial charge is 0.433 e. The molecule has 1 aromatic rings. The summed E-state index contributed by atoms with van der Waals surface area (Å²) in [5.74, 6) is 0. The number of aromatic nitrogens is 1. The Morgan fingerprint density at radius 2 is 2.10 bits per heavy atom. The van der Waals surface area contributed by atoms with Crippen LogP contribution in [-0.2, 0) is 20.9 Å². The van der Waals surface area contributed by atoms with Gasteiger partial charge in [0.25, 0.3) is 0 Å². The fourth-order valence-corrected chi connectivity index (χ4v) is 3.14. The van der Waals surface area contributed by atoms with E-state index < -0.39 is 21.9 Å². The van der Waals surface area contributed by atoms with Gasteiger partial charge >= 0.3 is 6.18 Å². The molecule has 0 amide bonds. The predicted molar refractivity (Wildman–Crippen MR) is 63.4 cm³/mol. The van der Waals surface area contributed by atoms with Crippen LogP contribution >= 0.6 is 0 Å². The standard InChI is InChI=1S/C11H13F3N2O3S/c1-7-9(4-5-19-7)16-20(17,18)8-2-3-10(15-6-8)11(12,13)14/h2-3,6-7,9,16H,4-5H2,1H3/t7-,9+/m1/s1. The quantitative estimate of drug-likeness (QED) is 0.920. The van der Waals surface area contributed by atoms with Gasteiger partial charge in [0.15, 0.2) is 0 Å². The van der Waals surface area contributed by atoms with Crippen molar-refractivity contribution in [3.63, 3.8) is 0 Å². The van der Waals surface area contributed by atoms with Gasteiger partial charge in [0, 0.05) is 12.8 Å². The van der Waals surface area contributed by atoms with Crippen molar-refractivity contribution in [1.82, 2.24) is 9.71 Å². The molecule has 2 atom stereocenters. The molecule has 5 nitrogen and oxygen atoms in total. The van der Waals surface area contributed by atoms with Crippen molar-refractivity contribution in [2.75, 3.05) is 6.61 Å². The number of halogens is 3. The molecule has 1 N–H and O–H groups in total. The van der Waals surface area contributed by atoms with E-state index in [1.165, 1.54) is 0 Å².